The van der Waals surface area contributed by atoms with Gasteiger partial charge in [0.1, 0.15) is 0 Å². The van der Waals surface area contributed by atoms with E-state index in [4.69, 9.17) is 29.5 Å². The first-order valence-electron chi connectivity index (χ1n) is 21.8. The molecule has 312 valence electrons. The molecule has 0 saturated heterocycles. The fourth-order valence-corrected chi connectivity index (χ4v) is 5.90. The third-order valence-corrected chi connectivity index (χ3v) is 9.19. The lowest BCUT2D eigenvalue weighted by molar-refractivity contribution is 0.0815. The van der Waals surface area contributed by atoms with Crippen LogP contribution in [0.5, 0.6) is 0 Å². The number of benzene rings is 1. The quantitative estimate of drug-likeness (QED) is 0.0589. The molecule has 1 aromatic rings. The molecular formula is C46H92O6. The largest absolute Gasteiger partial charge is 0.394 e. The zero-order valence-electron chi connectivity index (χ0n) is 34.3. The van der Waals surface area contributed by atoms with E-state index in [0.29, 0.717) is 26.4 Å². The maximum Gasteiger partial charge on any atom is 0.0718 e. The normalized spacial score (nSPS) is 10.7. The summed E-state index contributed by atoms with van der Waals surface area (Å²) < 4.78 is 15.6. The summed E-state index contributed by atoms with van der Waals surface area (Å²) in [6.07, 6.45) is 37.1. The Hall–Kier alpha value is -1.02. The van der Waals surface area contributed by atoms with E-state index in [9.17, 15) is 0 Å². The number of ether oxygens (including phenoxy) is 3. The molecule has 0 radical (unpaired) electrons. The summed E-state index contributed by atoms with van der Waals surface area (Å²) in [6, 6.07) is 8.35. The number of unbranched alkanes of at least 4 members (excludes halogenated alkanes) is 24. The molecule has 0 fully saturated rings. The summed E-state index contributed by atoms with van der Waals surface area (Å²) in [5.41, 5.74) is 2.50. The zero-order valence-corrected chi connectivity index (χ0v) is 34.3. The van der Waals surface area contributed by atoms with Crippen molar-refractivity contribution in [3.05, 3.63) is 35.4 Å². The molecule has 0 spiro atoms. The van der Waals surface area contributed by atoms with E-state index >= 15 is 0 Å². The van der Waals surface area contributed by atoms with Crippen molar-refractivity contribution in [2.45, 2.75) is 208 Å². The lowest BCUT2D eigenvalue weighted by atomic mass is 10.0. The van der Waals surface area contributed by atoms with Gasteiger partial charge in [-0.25, -0.2) is 0 Å². The van der Waals surface area contributed by atoms with Crippen LogP contribution < -0.4 is 0 Å². The van der Waals surface area contributed by atoms with Crippen molar-refractivity contribution in [3.8, 4) is 0 Å². The van der Waals surface area contributed by atoms with Gasteiger partial charge in [-0.3, -0.25) is 0 Å². The third kappa shape index (κ3) is 49.0. The second-order valence-corrected chi connectivity index (χ2v) is 14.1. The van der Waals surface area contributed by atoms with Gasteiger partial charge in [-0.15, -0.1) is 0 Å². The van der Waals surface area contributed by atoms with Gasteiger partial charge in [0.05, 0.1) is 46.2 Å². The average Bonchev–Trinajstić information content (AvgIpc) is 3.16. The Kier molecular flexibility index (Phi) is 55.4. The van der Waals surface area contributed by atoms with Gasteiger partial charge in [0.15, 0.2) is 0 Å². The number of aliphatic hydroxyl groups is 3. The van der Waals surface area contributed by atoms with Crippen molar-refractivity contribution in [2.75, 3.05) is 52.9 Å². The summed E-state index contributed by atoms with van der Waals surface area (Å²) in [5.74, 6) is 0. The fraction of sp³-hybridized carbons (Fsp3) is 0.870. The second-order valence-electron chi connectivity index (χ2n) is 14.1. The van der Waals surface area contributed by atoms with Crippen LogP contribution in [0, 0.1) is 0 Å². The molecule has 0 unspecified atom stereocenters. The van der Waals surface area contributed by atoms with Crippen LogP contribution in [0.15, 0.2) is 24.3 Å². The predicted octanol–water partition coefficient (Wildman–Crippen LogP) is 12.6. The Labute approximate surface area is 325 Å². The molecule has 6 heteroatoms. The minimum absolute atomic E-state index is 0. The van der Waals surface area contributed by atoms with Crippen molar-refractivity contribution < 1.29 is 29.5 Å². The van der Waals surface area contributed by atoms with Gasteiger partial charge in [-0.2, -0.15) is 0 Å². The van der Waals surface area contributed by atoms with Crippen LogP contribution in [0.3, 0.4) is 0 Å². The molecule has 1 aromatic carbocycles. The van der Waals surface area contributed by atoms with Crippen LogP contribution >= 0.6 is 0 Å². The van der Waals surface area contributed by atoms with E-state index in [1.165, 1.54) is 160 Å². The highest BCUT2D eigenvalue weighted by molar-refractivity contribution is 5.21. The SMILES string of the molecule is C.CCCCCCCCCCCCCCCCCCOCCO.CCCCCCCCCCCCOCCO.CCc1ccc(COCCO)cc1. The van der Waals surface area contributed by atoms with Crippen molar-refractivity contribution in [2.24, 2.45) is 0 Å². The molecule has 3 N–H and O–H groups in total. The molecular weight excluding hydrogens is 649 g/mol. The molecule has 0 heterocycles. The summed E-state index contributed by atoms with van der Waals surface area (Å²) >= 11 is 0. The average molecular weight is 741 g/mol. The third-order valence-electron chi connectivity index (χ3n) is 9.19. The van der Waals surface area contributed by atoms with E-state index in [1.54, 1.807) is 0 Å². The van der Waals surface area contributed by atoms with E-state index in [-0.39, 0.29) is 27.2 Å². The van der Waals surface area contributed by atoms with Gasteiger partial charge in [-0.05, 0) is 30.4 Å². The standard InChI is InChI=1S/C20H42O2.C14H30O2.C11H16O2.CH4/c1-2-3-4-5-6-7-8-9-10-11-12-13-14-15-16-17-19-22-20-18-21;1-2-3-4-5-6-7-8-9-10-11-13-16-14-12-15;1-2-10-3-5-11(6-4-10)9-13-8-7-12;/h21H,2-20H2,1H3;15H,2-14H2,1H3;3-6,12H,2,7-9H2,1H3;1H4. The van der Waals surface area contributed by atoms with E-state index in [1.807, 2.05) is 0 Å². The maximum atomic E-state index is 8.58. The van der Waals surface area contributed by atoms with Gasteiger partial charge in [0.25, 0.3) is 0 Å². The second kappa shape index (κ2) is 52.1. The molecule has 0 atom stereocenters. The number of rotatable bonds is 37. The minimum Gasteiger partial charge on any atom is -0.394 e. The molecule has 0 amide bonds. The molecule has 52 heavy (non-hydrogen) atoms. The van der Waals surface area contributed by atoms with Gasteiger partial charge in [0, 0.05) is 13.2 Å². The number of aliphatic hydroxyl groups excluding tert-OH is 3. The maximum absolute atomic E-state index is 8.58. The molecule has 0 aliphatic heterocycles. The van der Waals surface area contributed by atoms with Gasteiger partial charge in [0.2, 0.25) is 0 Å². The van der Waals surface area contributed by atoms with E-state index in [0.717, 1.165) is 38.0 Å². The first-order valence-corrected chi connectivity index (χ1v) is 21.8. The zero-order chi connectivity index (χ0) is 37.6. The Balaban J connectivity index is -0.000000710. The lowest BCUT2D eigenvalue weighted by Gasteiger charge is -2.04. The van der Waals surface area contributed by atoms with E-state index < -0.39 is 0 Å². The Morgan fingerprint density at radius 1 is 0.346 bits per heavy atom. The van der Waals surface area contributed by atoms with Gasteiger partial charge < -0.3 is 29.5 Å². The summed E-state index contributed by atoms with van der Waals surface area (Å²) in [6.45, 7) is 10.7. The molecule has 0 aromatic heterocycles. The highest BCUT2D eigenvalue weighted by atomic mass is 16.5. The fourth-order valence-electron chi connectivity index (χ4n) is 5.90. The Morgan fingerprint density at radius 2 is 0.615 bits per heavy atom. The van der Waals surface area contributed by atoms with Crippen molar-refractivity contribution in [1.82, 2.24) is 0 Å². The first kappa shape index (κ1) is 55.3. The van der Waals surface area contributed by atoms with Crippen molar-refractivity contribution >= 4 is 0 Å². The van der Waals surface area contributed by atoms with E-state index in [2.05, 4.69) is 45.0 Å². The van der Waals surface area contributed by atoms with Crippen LogP contribution in [0.1, 0.15) is 206 Å². The smallest absolute Gasteiger partial charge is 0.0718 e. The first-order chi connectivity index (χ1) is 25.2. The Morgan fingerprint density at radius 3 is 0.904 bits per heavy atom. The lowest BCUT2D eigenvalue weighted by Crippen LogP contribution is -2.00. The molecule has 6 nitrogen and oxygen atoms in total. The number of hydrogen-bond acceptors (Lipinski definition) is 6. The molecule has 0 saturated carbocycles. The number of aryl methyl sites for hydroxylation is 1. The minimum atomic E-state index is 0. The predicted molar refractivity (Wildman–Crippen MR) is 226 cm³/mol. The summed E-state index contributed by atoms with van der Waals surface area (Å²) in [5, 5.41) is 25.6. The van der Waals surface area contributed by atoms with Crippen molar-refractivity contribution in [1.29, 1.82) is 0 Å². The van der Waals surface area contributed by atoms with Crippen LogP contribution in [-0.2, 0) is 27.2 Å². The highest BCUT2D eigenvalue weighted by Gasteiger charge is 1.96. The molecule has 0 aliphatic carbocycles. The van der Waals surface area contributed by atoms with Crippen LogP contribution in [0.4, 0.5) is 0 Å². The summed E-state index contributed by atoms with van der Waals surface area (Å²) in [4.78, 5) is 0. The highest BCUT2D eigenvalue weighted by Crippen LogP contribution is 2.14. The molecule has 1 rings (SSSR count). The van der Waals surface area contributed by atoms with Crippen LogP contribution in [0.2, 0.25) is 0 Å². The van der Waals surface area contributed by atoms with Crippen LogP contribution in [-0.4, -0.2) is 68.2 Å². The van der Waals surface area contributed by atoms with Crippen LogP contribution in [0.25, 0.3) is 0 Å². The number of hydrogen-bond donors (Lipinski definition) is 3. The molecule has 0 aliphatic rings. The summed E-state index contributed by atoms with van der Waals surface area (Å²) in [7, 11) is 0. The van der Waals surface area contributed by atoms with Gasteiger partial charge >= 0.3 is 0 Å². The monoisotopic (exact) mass is 741 g/mol. The molecule has 0 bridgehead atoms. The Bertz CT molecular complexity index is 679. The topological polar surface area (TPSA) is 88.4 Å². The van der Waals surface area contributed by atoms with Gasteiger partial charge in [-0.1, -0.05) is 207 Å². The van der Waals surface area contributed by atoms with Crippen molar-refractivity contribution in [3.63, 3.8) is 0 Å².